The van der Waals surface area contributed by atoms with Crippen LogP contribution in [0.2, 0.25) is 0 Å². The smallest absolute Gasteiger partial charge is 0.259 e. The van der Waals surface area contributed by atoms with Crippen molar-refractivity contribution in [1.29, 1.82) is 5.26 Å². The van der Waals surface area contributed by atoms with Crippen LogP contribution >= 0.6 is 0 Å². The highest BCUT2D eigenvalue weighted by molar-refractivity contribution is 5.95. The van der Waals surface area contributed by atoms with Gasteiger partial charge in [0.1, 0.15) is 17.2 Å². The number of nitrogens with one attached hydrogen (secondary N) is 1. The molecule has 1 aliphatic carbocycles. The first-order valence-electron chi connectivity index (χ1n) is 17.4. The number of halogens is 1. The highest BCUT2D eigenvalue weighted by Gasteiger charge is 2.41. The Morgan fingerprint density at radius 3 is 2.37 bits per heavy atom. The van der Waals surface area contributed by atoms with Gasteiger partial charge in [-0.15, -0.1) is 0 Å². The second kappa shape index (κ2) is 15.5. The molecule has 51 heavy (non-hydrogen) atoms. The van der Waals surface area contributed by atoms with Crippen LogP contribution in [-0.2, 0) is 31.4 Å². The highest BCUT2D eigenvalue weighted by atomic mass is 19.1. The molecule has 1 aliphatic heterocycles. The summed E-state index contributed by atoms with van der Waals surface area (Å²) in [4.78, 5) is 33.1. The minimum atomic E-state index is -1.33. The molecule has 2 aromatic heterocycles. The standard InChI is InChI=1S/C40H45FN6O4/c1-27(44-26-48)31-7-5-6-29(32(31)9-8-28(21-42)20-40(41)11-12-40)23-46-14-16-47(17-15-46)25-36-37(50-3)18-30(19-38(36)51-4)35-24-45(2)39(49)34-22-43-13-10-33(34)35/h5-7,10,13,18-20,22,24,26-27H,8-9,11-12,14-17,23,25H2,1-4H3,(H,44,48)/b28-20+. The Morgan fingerprint density at radius 1 is 1.06 bits per heavy atom. The van der Waals surface area contributed by atoms with Crippen LogP contribution in [0.25, 0.3) is 21.9 Å². The third-order valence-corrected chi connectivity index (χ3v) is 10.2. The molecule has 0 spiro atoms. The molecule has 10 nitrogen and oxygen atoms in total. The molecule has 2 aliphatic rings. The van der Waals surface area contributed by atoms with Crippen LogP contribution < -0.4 is 20.3 Å². The number of ether oxygens (including phenoxy) is 2. The predicted octanol–water partition coefficient (Wildman–Crippen LogP) is 5.63. The van der Waals surface area contributed by atoms with E-state index >= 15 is 0 Å². The van der Waals surface area contributed by atoms with Gasteiger partial charge in [0.2, 0.25) is 6.41 Å². The van der Waals surface area contributed by atoms with Crippen LogP contribution in [0.4, 0.5) is 4.39 Å². The number of carbonyl (C=O) groups is 1. The molecule has 1 atom stereocenters. The van der Waals surface area contributed by atoms with Gasteiger partial charge < -0.3 is 19.4 Å². The van der Waals surface area contributed by atoms with E-state index in [1.165, 1.54) is 6.08 Å². The summed E-state index contributed by atoms with van der Waals surface area (Å²) in [7, 11) is 5.07. The largest absolute Gasteiger partial charge is 0.496 e. The molecule has 1 unspecified atom stereocenters. The molecule has 0 bridgehead atoms. The number of benzene rings is 2. The molecule has 2 fully saturated rings. The van der Waals surface area contributed by atoms with E-state index in [4.69, 9.17) is 9.47 Å². The van der Waals surface area contributed by atoms with Crippen molar-refractivity contribution in [3.63, 3.8) is 0 Å². The summed E-state index contributed by atoms with van der Waals surface area (Å²) < 4.78 is 27.9. The number of hydrogen-bond acceptors (Lipinski definition) is 8. The quantitative estimate of drug-likeness (QED) is 0.134. The first-order chi connectivity index (χ1) is 24.7. The number of fused-ring (bicyclic) bond motifs is 1. The van der Waals surface area contributed by atoms with Crippen LogP contribution in [0.3, 0.4) is 0 Å². The van der Waals surface area contributed by atoms with Gasteiger partial charge >= 0.3 is 0 Å². The molecule has 1 saturated carbocycles. The van der Waals surface area contributed by atoms with Crippen LogP contribution in [0.1, 0.15) is 54.5 Å². The summed E-state index contributed by atoms with van der Waals surface area (Å²) in [5, 5.41) is 14.0. The minimum Gasteiger partial charge on any atom is -0.496 e. The van der Waals surface area contributed by atoms with Gasteiger partial charge in [-0.1, -0.05) is 18.2 Å². The maximum atomic E-state index is 14.5. The summed E-state index contributed by atoms with van der Waals surface area (Å²) in [6.07, 6.45) is 9.34. The first-order valence-corrected chi connectivity index (χ1v) is 17.4. The molecule has 1 N–H and O–H groups in total. The molecule has 0 radical (unpaired) electrons. The number of nitrogens with zero attached hydrogens (tertiary/aromatic N) is 5. The second-order valence-corrected chi connectivity index (χ2v) is 13.6. The fourth-order valence-corrected chi connectivity index (χ4v) is 7.11. The lowest BCUT2D eigenvalue weighted by Crippen LogP contribution is -2.45. The van der Waals surface area contributed by atoms with Gasteiger partial charge in [-0.25, -0.2) is 4.39 Å². The third kappa shape index (κ3) is 7.98. The van der Waals surface area contributed by atoms with Gasteiger partial charge in [-0.2, -0.15) is 5.26 Å². The van der Waals surface area contributed by atoms with Crippen molar-refractivity contribution in [2.75, 3.05) is 40.4 Å². The van der Waals surface area contributed by atoms with Crippen molar-refractivity contribution in [1.82, 2.24) is 24.7 Å². The van der Waals surface area contributed by atoms with E-state index in [-0.39, 0.29) is 11.6 Å². The molecular formula is C40H45FN6O4. The number of rotatable bonds is 14. The van der Waals surface area contributed by atoms with E-state index in [0.29, 0.717) is 61.1 Å². The monoisotopic (exact) mass is 692 g/mol. The average molecular weight is 693 g/mol. The number of allylic oxidation sites excluding steroid dienone is 2. The normalized spacial score (nSPS) is 16.7. The number of amides is 1. The van der Waals surface area contributed by atoms with Crippen LogP contribution in [0, 0.1) is 11.3 Å². The fraction of sp³-hybridized carbons (Fsp3) is 0.400. The van der Waals surface area contributed by atoms with Crippen molar-refractivity contribution in [3.05, 3.63) is 99.2 Å². The SMILES string of the molecule is COc1cc(-c2cn(C)c(=O)c3cnccc23)cc(OC)c1CN1CCN(Cc2cccc(C(C)NC=O)c2CC/C(C#N)=C\C2(F)CC2)CC1. The Balaban J connectivity index is 1.18. The predicted molar refractivity (Wildman–Crippen MR) is 195 cm³/mol. The second-order valence-electron chi connectivity index (χ2n) is 13.6. The molecule has 1 saturated heterocycles. The Kier molecular flexibility index (Phi) is 10.8. The number of hydrogen-bond donors (Lipinski definition) is 1. The Morgan fingerprint density at radius 2 is 1.75 bits per heavy atom. The Labute approximate surface area is 298 Å². The Hall–Kier alpha value is -5.05. The van der Waals surface area contributed by atoms with E-state index in [1.54, 1.807) is 38.2 Å². The van der Waals surface area contributed by atoms with Gasteiger partial charge in [0, 0.05) is 76.0 Å². The lowest BCUT2D eigenvalue weighted by atomic mass is 9.91. The lowest BCUT2D eigenvalue weighted by molar-refractivity contribution is -0.110. The summed E-state index contributed by atoms with van der Waals surface area (Å²) in [5.74, 6) is 1.43. The number of piperazine rings is 1. The fourth-order valence-electron chi connectivity index (χ4n) is 7.11. The van der Waals surface area contributed by atoms with Crippen LogP contribution in [0.15, 0.2) is 71.4 Å². The van der Waals surface area contributed by atoms with E-state index < -0.39 is 5.67 Å². The van der Waals surface area contributed by atoms with Gasteiger partial charge in [0.15, 0.2) is 0 Å². The topological polar surface area (TPSA) is 113 Å². The van der Waals surface area contributed by atoms with E-state index in [1.807, 2.05) is 43.5 Å². The lowest BCUT2D eigenvalue weighted by Gasteiger charge is -2.35. The van der Waals surface area contributed by atoms with Crippen LogP contribution in [0.5, 0.6) is 11.5 Å². The summed E-state index contributed by atoms with van der Waals surface area (Å²) in [5.41, 5.74) is 5.04. The summed E-state index contributed by atoms with van der Waals surface area (Å²) >= 11 is 0. The molecule has 11 heteroatoms. The van der Waals surface area contributed by atoms with Crippen molar-refractivity contribution in [2.45, 2.75) is 57.4 Å². The maximum Gasteiger partial charge on any atom is 0.259 e. The summed E-state index contributed by atoms with van der Waals surface area (Å²) in [6.45, 7) is 6.70. The zero-order valence-electron chi connectivity index (χ0n) is 29.7. The highest BCUT2D eigenvalue weighted by Crippen LogP contribution is 2.42. The van der Waals surface area contributed by atoms with Crippen molar-refractivity contribution < 1.29 is 18.7 Å². The number of pyridine rings is 2. The van der Waals surface area contributed by atoms with Gasteiger partial charge in [0.25, 0.3) is 5.56 Å². The number of methoxy groups -OCH3 is 2. The molecule has 2 aromatic carbocycles. The summed E-state index contributed by atoms with van der Waals surface area (Å²) in [6, 6.07) is 14.0. The van der Waals surface area contributed by atoms with E-state index in [2.05, 4.69) is 32.2 Å². The molecule has 4 aromatic rings. The molecule has 266 valence electrons. The van der Waals surface area contributed by atoms with Crippen molar-refractivity contribution in [3.8, 4) is 28.7 Å². The molecular weight excluding hydrogens is 647 g/mol. The van der Waals surface area contributed by atoms with Crippen molar-refractivity contribution in [2.24, 2.45) is 7.05 Å². The van der Waals surface area contributed by atoms with Gasteiger partial charge in [-0.05, 0) is 84.5 Å². The van der Waals surface area contributed by atoms with Crippen LogP contribution in [-0.4, -0.2) is 71.8 Å². The number of aryl methyl sites for hydroxylation is 1. The minimum absolute atomic E-state index is 0.102. The zero-order valence-corrected chi connectivity index (χ0v) is 29.7. The number of alkyl halides is 1. The molecule has 1 amide bonds. The van der Waals surface area contributed by atoms with Gasteiger partial charge in [-0.3, -0.25) is 24.4 Å². The number of nitriles is 1. The molecule has 3 heterocycles. The van der Waals surface area contributed by atoms with Gasteiger partial charge in [0.05, 0.1) is 37.3 Å². The number of carbonyl (C=O) groups excluding carboxylic acids is 1. The number of aromatic nitrogens is 2. The van der Waals surface area contributed by atoms with E-state index in [9.17, 15) is 19.2 Å². The Bertz CT molecular complexity index is 2020. The maximum absolute atomic E-state index is 14.5. The van der Waals surface area contributed by atoms with Crippen molar-refractivity contribution >= 4 is 17.2 Å². The average Bonchev–Trinajstić information content (AvgIpc) is 3.88. The molecule has 6 rings (SSSR count). The zero-order chi connectivity index (χ0) is 36.1. The first kappa shape index (κ1) is 35.8. The van der Waals surface area contributed by atoms with E-state index in [0.717, 1.165) is 71.5 Å². The third-order valence-electron chi connectivity index (χ3n) is 10.2.